The molecule has 0 spiro atoms. The normalized spacial score (nSPS) is 24.4. The number of carbonyl (C=O) groups excluding carboxylic acids is 2. The van der Waals surface area contributed by atoms with E-state index in [0.717, 1.165) is 18.7 Å². The van der Waals surface area contributed by atoms with Crippen LogP contribution in [0.25, 0.3) is 0 Å². The van der Waals surface area contributed by atoms with E-state index < -0.39 is 0 Å². The third-order valence-corrected chi connectivity index (χ3v) is 4.22. The highest BCUT2D eigenvalue weighted by Gasteiger charge is 2.26. The van der Waals surface area contributed by atoms with Crippen LogP contribution in [0.15, 0.2) is 29.8 Å². The molecule has 1 heterocycles. The topological polar surface area (TPSA) is 58.2 Å². The lowest BCUT2D eigenvalue weighted by molar-refractivity contribution is 0.0879. The molecule has 1 aromatic carbocycles. The van der Waals surface area contributed by atoms with Gasteiger partial charge in [0.15, 0.2) is 0 Å². The zero-order valence-corrected chi connectivity index (χ0v) is 12.4. The van der Waals surface area contributed by atoms with Gasteiger partial charge in [-0.1, -0.05) is 18.6 Å². The minimum absolute atomic E-state index is 0.302. The van der Waals surface area contributed by atoms with E-state index in [1.54, 1.807) is 12.1 Å². The Morgan fingerprint density at radius 1 is 1.24 bits per heavy atom. The van der Waals surface area contributed by atoms with E-state index in [1.807, 2.05) is 6.07 Å². The predicted octanol–water partition coefficient (Wildman–Crippen LogP) is 2.97. The smallest absolute Gasteiger partial charge is 0.259 e. The molecule has 21 heavy (non-hydrogen) atoms. The first-order valence-corrected chi connectivity index (χ1v) is 7.44. The van der Waals surface area contributed by atoms with Gasteiger partial charge in [-0.25, -0.2) is 0 Å². The molecule has 3 rings (SSSR count). The summed E-state index contributed by atoms with van der Waals surface area (Å²) in [4.78, 5) is 23.2. The molecule has 1 aliphatic heterocycles. The van der Waals surface area contributed by atoms with Gasteiger partial charge in [-0.05, 0) is 49.8 Å². The van der Waals surface area contributed by atoms with Crippen LogP contribution in [0.1, 0.15) is 47.4 Å². The summed E-state index contributed by atoms with van der Waals surface area (Å²) in [6, 6.07) is 5.35. The Morgan fingerprint density at radius 3 is 2.76 bits per heavy atom. The highest BCUT2D eigenvalue weighted by atomic mass is 16.2. The predicted molar refractivity (Wildman–Crippen MR) is 82.4 cm³/mol. The molecular weight excluding hydrogens is 264 g/mol. The second kappa shape index (κ2) is 5.35. The highest BCUT2D eigenvalue weighted by molar-refractivity contribution is 6.21. The summed E-state index contributed by atoms with van der Waals surface area (Å²) in [5.74, 6) is 0.648. The fraction of sp³-hybridized carbons (Fsp3) is 0.412. The molecule has 2 amide bonds. The van der Waals surface area contributed by atoms with Crippen molar-refractivity contribution in [2.75, 3.05) is 11.9 Å². The first-order valence-electron chi connectivity index (χ1n) is 7.44. The van der Waals surface area contributed by atoms with E-state index in [4.69, 9.17) is 0 Å². The number of carbonyl (C=O) groups is 2. The fourth-order valence-electron chi connectivity index (χ4n) is 3.38. The van der Waals surface area contributed by atoms with Crippen molar-refractivity contribution in [2.24, 2.45) is 11.8 Å². The molecule has 0 bridgehead atoms. The lowest BCUT2D eigenvalue weighted by Crippen LogP contribution is -2.20. The van der Waals surface area contributed by atoms with Crippen molar-refractivity contribution in [1.29, 1.82) is 0 Å². The molecule has 1 aromatic rings. The minimum Gasteiger partial charge on any atom is -0.385 e. The van der Waals surface area contributed by atoms with Gasteiger partial charge in [0.2, 0.25) is 0 Å². The van der Waals surface area contributed by atoms with E-state index in [2.05, 4.69) is 30.6 Å². The molecule has 0 fully saturated rings. The number of amides is 2. The van der Waals surface area contributed by atoms with Crippen molar-refractivity contribution in [3.63, 3.8) is 0 Å². The molecule has 1 aliphatic carbocycles. The number of rotatable bonds is 3. The molecule has 2 unspecified atom stereocenters. The number of allylic oxidation sites excluding steroid dienone is 2. The van der Waals surface area contributed by atoms with Crippen molar-refractivity contribution in [2.45, 2.75) is 26.7 Å². The van der Waals surface area contributed by atoms with Crippen LogP contribution < -0.4 is 10.6 Å². The van der Waals surface area contributed by atoms with Crippen LogP contribution >= 0.6 is 0 Å². The molecule has 0 saturated heterocycles. The Kier molecular flexibility index (Phi) is 3.53. The summed E-state index contributed by atoms with van der Waals surface area (Å²) in [5, 5.41) is 5.72. The van der Waals surface area contributed by atoms with Crippen LogP contribution in [0.5, 0.6) is 0 Å². The third kappa shape index (κ3) is 2.84. The van der Waals surface area contributed by atoms with Crippen LogP contribution in [-0.2, 0) is 0 Å². The first kappa shape index (κ1) is 13.9. The zero-order chi connectivity index (χ0) is 15.0. The first-order chi connectivity index (χ1) is 10.0. The molecule has 0 saturated carbocycles. The monoisotopic (exact) mass is 284 g/mol. The van der Waals surface area contributed by atoms with Gasteiger partial charge in [0, 0.05) is 12.2 Å². The van der Waals surface area contributed by atoms with Crippen LogP contribution in [-0.4, -0.2) is 18.4 Å². The SMILES string of the molecule is CC1=CC(C)CC(CNc2ccc3c(c2)C(=O)NC3=O)C1. The Morgan fingerprint density at radius 2 is 2.00 bits per heavy atom. The molecule has 4 nitrogen and oxygen atoms in total. The van der Waals surface area contributed by atoms with Gasteiger partial charge in [-0.2, -0.15) is 0 Å². The summed E-state index contributed by atoms with van der Waals surface area (Å²) in [5.41, 5.74) is 3.30. The maximum Gasteiger partial charge on any atom is 0.259 e. The van der Waals surface area contributed by atoms with E-state index in [1.165, 1.54) is 12.0 Å². The molecule has 110 valence electrons. The average molecular weight is 284 g/mol. The molecule has 2 aliphatic rings. The lowest BCUT2D eigenvalue weighted by atomic mass is 9.83. The Bertz CT molecular complexity index is 634. The van der Waals surface area contributed by atoms with Gasteiger partial charge in [0.1, 0.15) is 0 Å². The molecule has 4 heteroatoms. The molecular formula is C17H20N2O2. The molecule has 2 atom stereocenters. The summed E-state index contributed by atoms with van der Waals surface area (Å²) >= 11 is 0. The Balaban J connectivity index is 1.67. The number of benzene rings is 1. The number of hydrogen-bond acceptors (Lipinski definition) is 3. The summed E-state index contributed by atoms with van der Waals surface area (Å²) in [6.07, 6.45) is 4.66. The number of nitrogens with one attached hydrogen (secondary N) is 2. The fourth-order valence-corrected chi connectivity index (χ4v) is 3.38. The zero-order valence-electron chi connectivity index (χ0n) is 12.4. The van der Waals surface area contributed by atoms with Gasteiger partial charge in [0.05, 0.1) is 11.1 Å². The standard InChI is InChI=1S/C17H20N2O2/c1-10-5-11(2)7-12(6-10)9-18-13-3-4-14-15(8-13)17(21)19-16(14)20/h3-5,8,10,12,18H,6-7,9H2,1-2H3,(H,19,20,21). The van der Waals surface area contributed by atoms with Gasteiger partial charge >= 0.3 is 0 Å². The van der Waals surface area contributed by atoms with Crippen LogP contribution in [0.2, 0.25) is 0 Å². The van der Waals surface area contributed by atoms with E-state index in [-0.39, 0.29) is 11.8 Å². The summed E-state index contributed by atoms with van der Waals surface area (Å²) in [7, 11) is 0. The molecule has 2 N–H and O–H groups in total. The second-order valence-electron chi connectivity index (χ2n) is 6.22. The van der Waals surface area contributed by atoms with Crippen molar-refractivity contribution < 1.29 is 9.59 Å². The highest BCUT2D eigenvalue weighted by Crippen LogP contribution is 2.28. The quantitative estimate of drug-likeness (QED) is 0.662. The number of anilines is 1. The van der Waals surface area contributed by atoms with Gasteiger partial charge in [-0.3, -0.25) is 14.9 Å². The third-order valence-electron chi connectivity index (χ3n) is 4.22. The van der Waals surface area contributed by atoms with E-state index in [9.17, 15) is 9.59 Å². The van der Waals surface area contributed by atoms with Crippen LogP contribution in [0, 0.1) is 11.8 Å². The molecule has 0 radical (unpaired) electrons. The molecule has 0 aromatic heterocycles. The van der Waals surface area contributed by atoms with E-state index in [0.29, 0.717) is 23.0 Å². The van der Waals surface area contributed by atoms with Crippen molar-refractivity contribution in [1.82, 2.24) is 5.32 Å². The van der Waals surface area contributed by atoms with Gasteiger partial charge in [-0.15, -0.1) is 0 Å². The minimum atomic E-state index is -0.302. The van der Waals surface area contributed by atoms with Crippen molar-refractivity contribution in [3.05, 3.63) is 41.0 Å². The maximum absolute atomic E-state index is 11.7. The van der Waals surface area contributed by atoms with Gasteiger partial charge in [0.25, 0.3) is 11.8 Å². The number of imide groups is 1. The second-order valence-corrected chi connectivity index (χ2v) is 6.22. The van der Waals surface area contributed by atoms with Crippen molar-refractivity contribution >= 4 is 17.5 Å². The average Bonchev–Trinajstić information content (AvgIpc) is 2.70. The van der Waals surface area contributed by atoms with Gasteiger partial charge < -0.3 is 5.32 Å². The maximum atomic E-state index is 11.7. The van der Waals surface area contributed by atoms with Crippen molar-refractivity contribution in [3.8, 4) is 0 Å². The lowest BCUT2D eigenvalue weighted by Gasteiger charge is -2.26. The Labute approximate surface area is 124 Å². The largest absolute Gasteiger partial charge is 0.385 e. The van der Waals surface area contributed by atoms with Crippen LogP contribution in [0.4, 0.5) is 5.69 Å². The summed E-state index contributed by atoms with van der Waals surface area (Å²) < 4.78 is 0. The number of fused-ring (bicyclic) bond motifs is 1. The van der Waals surface area contributed by atoms with E-state index >= 15 is 0 Å². The number of hydrogen-bond donors (Lipinski definition) is 2. The Hall–Kier alpha value is -2.10. The van der Waals surface area contributed by atoms with Crippen LogP contribution in [0.3, 0.4) is 0 Å². The summed E-state index contributed by atoms with van der Waals surface area (Å²) in [6.45, 7) is 5.33.